The van der Waals surface area contributed by atoms with Crippen molar-refractivity contribution in [3.63, 3.8) is 0 Å². The molecule has 0 unspecified atom stereocenters. The Morgan fingerprint density at radius 3 is 2.50 bits per heavy atom. The molecule has 128 valence electrons. The standard InChI is InChI=1S/C22H19N3O/c1-15-6-9-18(10-7-15)25-20(17-5-2-12-23-14-17)19-11-8-16-4-3-13-24-21(16)22(19)26/h2-14,20,25-26H,1H3/t20-/m0/s1. The van der Waals surface area contributed by atoms with Crippen molar-refractivity contribution in [3.05, 3.63) is 95.9 Å². The van der Waals surface area contributed by atoms with Gasteiger partial charge in [0.25, 0.3) is 0 Å². The summed E-state index contributed by atoms with van der Waals surface area (Å²) in [4.78, 5) is 8.58. The maximum Gasteiger partial charge on any atom is 0.147 e. The van der Waals surface area contributed by atoms with Gasteiger partial charge in [0.2, 0.25) is 0 Å². The molecule has 2 aromatic carbocycles. The average Bonchev–Trinajstić information content (AvgIpc) is 2.69. The summed E-state index contributed by atoms with van der Waals surface area (Å²) in [6, 6.07) is 19.6. The smallest absolute Gasteiger partial charge is 0.147 e. The lowest BCUT2D eigenvalue weighted by Gasteiger charge is -2.22. The maximum atomic E-state index is 10.9. The number of nitrogens with one attached hydrogen (secondary N) is 1. The van der Waals surface area contributed by atoms with Crippen LogP contribution in [-0.2, 0) is 0 Å². The van der Waals surface area contributed by atoms with E-state index in [2.05, 4.69) is 34.3 Å². The first kappa shape index (κ1) is 16.1. The summed E-state index contributed by atoms with van der Waals surface area (Å²) in [7, 11) is 0. The van der Waals surface area contributed by atoms with Gasteiger partial charge in [-0.1, -0.05) is 42.0 Å². The lowest BCUT2D eigenvalue weighted by atomic mass is 9.97. The molecule has 4 heteroatoms. The van der Waals surface area contributed by atoms with Crippen LogP contribution in [0.1, 0.15) is 22.7 Å². The summed E-state index contributed by atoms with van der Waals surface area (Å²) in [5.74, 6) is 0.191. The minimum absolute atomic E-state index is 0.191. The van der Waals surface area contributed by atoms with Crippen LogP contribution in [0.3, 0.4) is 0 Å². The molecule has 4 aromatic rings. The number of fused-ring (bicyclic) bond motifs is 1. The largest absolute Gasteiger partial charge is 0.505 e. The topological polar surface area (TPSA) is 58.0 Å². The summed E-state index contributed by atoms with van der Waals surface area (Å²) >= 11 is 0. The van der Waals surface area contributed by atoms with Crippen LogP contribution in [0.5, 0.6) is 5.75 Å². The Morgan fingerprint density at radius 2 is 1.73 bits per heavy atom. The Bertz CT molecular complexity index is 1030. The molecule has 4 nitrogen and oxygen atoms in total. The van der Waals surface area contributed by atoms with Crippen molar-refractivity contribution in [1.82, 2.24) is 9.97 Å². The van der Waals surface area contributed by atoms with Gasteiger partial charge in [-0.25, -0.2) is 0 Å². The Hall–Kier alpha value is -3.40. The lowest BCUT2D eigenvalue weighted by molar-refractivity contribution is 0.471. The van der Waals surface area contributed by atoms with Crippen LogP contribution in [0.4, 0.5) is 5.69 Å². The molecule has 0 bridgehead atoms. The number of aryl methyl sites for hydroxylation is 1. The maximum absolute atomic E-state index is 10.9. The summed E-state index contributed by atoms with van der Waals surface area (Å²) in [5, 5.41) is 15.3. The molecule has 2 heterocycles. The third-order valence-corrected chi connectivity index (χ3v) is 4.47. The van der Waals surface area contributed by atoms with Gasteiger partial charge in [-0.3, -0.25) is 9.97 Å². The average molecular weight is 341 g/mol. The molecule has 0 aliphatic carbocycles. The van der Waals surface area contributed by atoms with Gasteiger partial charge in [0.1, 0.15) is 11.3 Å². The second kappa shape index (κ2) is 6.84. The van der Waals surface area contributed by atoms with Crippen LogP contribution in [0, 0.1) is 6.92 Å². The van der Waals surface area contributed by atoms with Crippen LogP contribution in [0.15, 0.2) is 79.3 Å². The predicted molar refractivity (Wildman–Crippen MR) is 104 cm³/mol. The van der Waals surface area contributed by atoms with Crippen LogP contribution in [0.25, 0.3) is 10.9 Å². The third kappa shape index (κ3) is 3.09. The summed E-state index contributed by atoms with van der Waals surface area (Å²) < 4.78 is 0. The molecule has 0 aliphatic heterocycles. The van der Waals surface area contributed by atoms with E-state index in [-0.39, 0.29) is 11.8 Å². The zero-order valence-electron chi connectivity index (χ0n) is 14.4. The van der Waals surface area contributed by atoms with Crippen molar-refractivity contribution in [2.45, 2.75) is 13.0 Å². The molecule has 26 heavy (non-hydrogen) atoms. The highest BCUT2D eigenvalue weighted by atomic mass is 16.3. The second-order valence-electron chi connectivity index (χ2n) is 6.31. The van der Waals surface area contributed by atoms with Crippen molar-refractivity contribution in [1.29, 1.82) is 0 Å². The minimum Gasteiger partial charge on any atom is -0.505 e. The van der Waals surface area contributed by atoms with E-state index in [1.165, 1.54) is 5.56 Å². The molecule has 0 saturated carbocycles. The molecule has 0 saturated heterocycles. The highest BCUT2D eigenvalue weighted by Gasteiger charge is 2.20. The van der Waals surface area contributed by atoms with E-state index in [4.69, 9.17) is 0 Å². The molecule has 0 fully saturated rings. The number of benzene rings is 2. The molecule has 2 aromatic heterocycles. The first-order chi connectivity index (χ1) is 12.7. The first-order valence-electron chi connectivity index (χ1n) is 8.52. The summed E-state index contributed by atoms with van der Waals surface area (Å²) in [5.41, 5.74) is 4.52. The lowest BCUT2D eigenvalue weighted by Crippen LogP contribution is -2.13. The molecule has 1 atom stereocenters. The molecule has 0 radical (unpaired) electrons. The van der Waals surface area contributed by atoms with Gasteiger partial charge in [0, 0.05) is 35.2 Å². The Labute approximate surface area is 152 Å². The van der Waals surface area contributed by atoms with Gasteiger partial charge in [0.05, 0.1) is 6.04 Å². The van der Waals surface area contributed by atoms with Crippen LogP contribution in [0.2, 0.25) is 0 Å². The van der Waals surface area contributed by atoms with E-state index >= 15 is 0 Å². The normalized spacial score (nSPS) is 12.0. The molecular weight excluding hydrogens is 322 g/mol. The van der Waals surface area contributed by atoms with E-state index in [9.17, 15) is 5.11 Å². The number of aromatic nitrogens is 2. The number of nitrogens with zero attached hydrogens (tertiary/aromatic N) is 2. The fourth-order valence-corrected chi connectivity index (χ4v) is 3.08. The van der Waals surface area contributed by atoms with Crippen LogP contribution < -0.4 is 5.32 Å². The number of phenols is 1. The fourth-order valence-electron chi connectivity index (χ4n) is 3.08. The van der Waals surface area contributed by atoms with Gasteiger partial charge in [0.15, 0.2) is 0 Å². The second-order valence-corrected chi connectivity index (χ2v) is 6.31. The van der Waals surface area contributed by atoms with Crippen molar-refractivity contribution < 1.29 is 5.11 Å². The molecule has 4 rings (SSSR count). The van der Waals surface area contributed by atoms with Crippen LogP contribution >= 0.6 is 0 Å². The highest BCUT2D eigenvalue weighted by Crippen LogP contribution is 2.36. The minimum atomic E-state index is -0.238. The zero-order valence-corrected chi connectivity index (χ0v) is 14.4. The van der Waals surface area contributed by atoms with Gasteiger partial charge >= 0.3 is 0 Å². The van der Waals surface area contributed by atoms with Crippen molar-refractivity contribution in [2.75, 3.05) is 5.32 Å². The van der Waals surface area contributed by atoms with E-state index < -0.39 is 0 Å². The Morgan fingerprint density at radius 1 is 0.923 bits per heavy atom. The molecular formula is C22H19N3O. The fraction of sp³-hybridized carbons (Fsp3) is 0.0909. The monoisotopic (exact) mass is 341 g/mol. The summed E-state index contributed by atoms with van der Waals surface area (Å²) in [6.45, 7) is 2.06. The first-order valence-corrected chi connectivity index (χ1v) is 8.52. The van der Waals surface area contributed by atoms with E-state index in [1.807, 2.05) is 54.7 Å². The zero-order chi connectivity index (χ0) is 17.9. The molecule has 0 amide bonds. The van der Waals surface area contributed by atoms with Gasteiger partial charge < -0.3 is 10.4 Å². The number of rotatable bonds is 4. The number of hydrogen-bond donors (Lipinski definition) is 2. The van der Waals surface area contributed by atoms with Gasteiger partial charge in [-0.2, -0.15) is 0 Å². The number of pyridine rings is 2. The number of anilines is 1. The highest BCUT2D eigenvalue weighted by molar-refractivity contribution is 5.86. The SMILES string of the molecule is Cc1ccc(N[C@@H](c2cccnc2)c2ccc3cccnc3c2O)cc1. The third-order valence-electron chi connectivity index (χ3n) is 4.47. The molecule has 0 spiro atoms. The van der Waals surface area contributed by atoms with Crippen LogP contribution in [-0.4, -0.2) is 15.1 Å². The van der Waals surface area contributed by atoms with E-state index in [1.54, 1.807) is 12.4 Å². The number of hydrogen-bond acceptors (Lipinski definition) is 4. The van der Waals surface area contributed by atoms with E-state index in [0.29, 0.717) is 5.52 Å². The Kier molecular flexibility index (Phi) is 4.23. The van der Waals surface area contributed by atoms with E-state index in [0.717, 1.165) is 22.2 Å². The van der Waals surface area contributed by atoms with Crippen molar-refractivity contribution in [3.8, 4) is 5.75 Å². The van der Waals surface area contributed by atoms with Crippen molar-refractivity contribution in [2.24, 2.45) is 0 Å². The number of phenolic OH excluding ortho intramolecular Hbond substituents is 1. The molecule has 0 aliphatic rings. The van der Waals surface area contributed by atoms with Gasteiger partial charge in [-0.15, -0.1) is 0 Å². The Balaban J connectivity index is 1.83. The number of aromatic hydroxyl groups is 1. The van der Waals surface area contributed by atoms with Crippen molar-refractivity contribution >= 4 is 16.6 Å². The predicted octanol–water partition coefficient (Wildman–Crippen LogP) is 4.85. The summed E-state index contributed by atoms with van der Waals surface area (Å²) in [6.07, 6.45) is 5.25. The molecule has 2 N–H and O–H groups in total. The van der Waals surface area contributed by atoms with Gasteiger partial charge in [-0.05, 0) is 36.8 Å². The quantitative estimate of drug-likeness (QED) is 0.557.